The molecule has 1 heterocycles. The number of rotatable bonds is 6. The van der Waals surface area contributed by atoms with Gasteiger partial charge in [0.15, 0.2) is 0 Å². The summed E-state index contributed by atoms with van der Waals surface area (Å²) < 4.78 is 0. The minimum atomic E-state index is 0.488. The minimum Gasteiger partial charge on any atom is -0.300 e. The molecule has 0 saturated carbocycles. The van der Waals surface area contributed by atoms with Crippen molar-refractivity contribution in [3.63, 3.8) is 0 Å². The van der Waals surface area contributed by atoms with Crippen LogP contribution in [0.2, 0.25) is 0 Å². The van der Waals surface area contributed by atoms with Gasteiger partial charge in [0.1, 0.15) is 0 Å². The zero-order valence-corrected chi connectivity index (χ0v) is 12.6. The molecule has 2 rings (SSSR count). The molecule has 0 aromatic heterocycles. The van der Waals surface area contributed by atoms with E-state index in [-0.39, 0.29) is 0 Å². The van der Waals surface area contributed by atoms with Crippen molar-refractivity contribution in [1.82, 2.24) is 10.4 Å². The summed E-state index contributed by atoms with van der Waals surface area (Å²) in [5.74, 6) is 0. The summed E-state index contributed by atoms with van der Waals surface area (Å²) >= 11 is 0. The van der Waals surface area contributed by atoms with Crippen LogP contribution in [0.25, 0.3) is 0 Å². The molecule has 0 radical (unpaired) electrons. The molecular weight excluding hydrogens is 248 g/mol. The first-order valence-electron chi connectivity index (χ1n) is 7.51. The van der Waals surface area contributed by atoms with Crippen molar-refractivity contribution in [2.24, 2.45) is 0 Å². The number of likely N-dealkylation sites (tertiary alicyclic amines) is 1. The van der Waals surface area contributed by atoms with Gasteiger partial charge in [0.25, 0.3) is 0 Å². The van der Waals surface area contributed by atoms with Gasteiger partial charge in [-0.15, -0.1) is 0 Å². The monoisotopic (exact) mass is 274 g/mol. The van der Waals surface area contributed by atoms with E-state index in [0.717, 1.165) is 32.5 Å². The van der Waals surface area contributed by atoms with E-state index >= 15 is 0 Å². The summed E-state index contributed by atoms with van der Waals surface area (Å²) in [5.41, 5.74) is 5.82. The summed E-state index contributed by atoms with van der Waals surface area (Å²) in [6, 6.07) is 10.8. The van der Waals surface area contributed by atoms with Gasteiger partial charge >= 0.3 is 0 Å². The van der Waals surface area contributed by atoms with Crippen LogP contribution in [-0.2, 0) is 11.4 Å². The SMILES string of the molecule is CC(C)=CCN1CCC(NOCc2ccccc2)CC1. The van der Waals surface area contributed by atoms with E-state index in [0.29, 0.717) is 12.6 Å². The molecule has 20 heavy (non-hydrogen) atoms. The number of nitrogens with zero attached hydrogens (tertiary/aromatic N) is 1. The Morgan fingerprint density at radius 3 is 2.60 bits per heavy atom. The third-order valence-electron chi connectivity index (χ3n) is 3.68. The zero-order chi connectivity index (χ0) is 14.2. The average molecular weight is 274 g/mol. The first-order valence-corrected chi connectivity index (χ1v) is 7.51. The van der Waals surface area contributed by atoms with Crippen molar-refractivity contribution >= 4 is 0 Å². The lowest BCUT2D eigenvalue weighted by atomic mass is 10.1. The quantitative estimate of drug-likeness (QED) is 0.637. The fraction of sp³-hybridized carbons (Fsp3) is 0.529. The average Bonchev–Trinajstić information content (AvgIpc) is 2.47. The molecule has 0 amide bonds. The number of hydrogen-bond acceptors (Lipinski definition) is 3. The predicted octanol–water partition coefficient (Wildman–Crippen LogP) is 3.14. The first kappa shape index (κ1) is 15.2. The van der Waals surface area contributed by atoms with Gasteiger partial charge in [-0.3, -0.25) is 9.74 Å². The molecule has 3 heteroatoms. The van der Waals surface area contributed by atoms with Gasteiger partial charge in [0.05, 0.1) is 6.61 Å². The molecule has 1 aliphatic heterocycles. The molecule has 0 aliphatic carbocycles. The van der Waals surface area contributed by atoms with Crippen LogP contribution >= 0.6 is 0 Å². The second kappa shape index (κ2) is 8.20. The fourth-order valence-electron chi connectivity index (χ4n) is 2.36. The lowest BCUT2D eigenvalue weighted by Gasteiger charge is -2.31. The number of allylic oxidation sites excluding steroid dienone is 1. The van der Waals surface area contributed by atoms with Gasteiger partial charge in [-0.2, -0.15) is 5.48 Å². The molecule has 0 bridgehead atoms. The predicted molar refractivity (Wildman–Crippen MR) is 83.3 cm³/mol. The van der Waals surface area contributed by atoms with E-state index in [1.807, 2.05) is 18.2 Å². The lowest BCUT2D eigenvalue weighted by Crippen LogP contribution is -2.42. The number of hydrogen-bond donors (Lipinski definition) is 1. The van der Waals surface area contributed by atoms with Crippen LogP contribution in [0, 0.1) is 0 Å². The topological polar surface area (TPSA) is 24.5 Å². The summed E-state index contributed by atoms with van der Waals surface area (Å²) in [5, 5.41) is 0. The number of hydroxylamine groups is 1. The molecule has 1 fully saturated rings. The highest BCUT2D eigenvalue weighted by Gasteiger charge is 2.18. The second-order valence-electron chi connectivity index (χ2n) is 5.75. The number of benzene rings is 1. The standard InChI is InChI=1S/C17H26N2O/c1-15(2)8-11-19-12-9-17(10-13-19)18-20-14-16-6-4-3-5-7-16/h3-8,17-18H,9-14H2,1-2H3. The van der Waals surface area contributed by atoms with E-state index in [1.165, 1.54) is 11.1 Å². The highest BCUT2D eigenvalue weighted by Crippen LogP contribution is 2.11. The van der Waals surface area contributed by atoms with Crippen molar-refractivity contribution < 1.29 is 4.84 Å². The summed E-state index contributed by atoms with van der Waals surface area (Å²) in [6.45, 7) is 8.34. The van der Waals surface area contributed by atoms with Crippen molar-refractivity contribution in [3.05, 3.63) is 47.5 Å². The maximum Gasteiger partial charge on any atom is 0.0933 e. The van der Waals surface area contributed by atoms with Gasteiger partial charge in [0, 0.05) is 25.7 Å². The van der Waals surface area contributed by atoms with E-state index < -0.39 is 0 Å². The van der Waals surface area contributed by atoms with E-state index in [9.17, 15) is 0 Å². The van der Waals surface area contributed by atoms with Crippen LogP contribution < -0.4 is 5.48 Å². The van der Waals surface area contributed by atoms with Crippen LogP contribution in [0.4, 0.5) is 0 Å². The van der Waals surface area contributed by atoms with E-state index in [1.54, 1.807) is 0 Å². The number of nitrogens with one attached hydrogen (secondary N) is 1. The third kappa shape index (κ3) is 5.45. The van der Waals surface area contributed by atoms with Crippen molar-refractivity contribution in [3.8, 4) is 0 Å². The van der Waals surface area contributed by atoms with Gasteiger partial charge < -0.3 is 0 Å². The Kier molecular flexibility index (Phi) is 6.25. The molecular formula is C17H26N2O. The normalized spacial score (nSPS) is 17.1. The molecule has 1 saturated heterocycles. The maximum atomic E-state index is 5.61. The molecule has 3 nitrogen and oxygen atoms in total. The Labute approximate surface area is 122 Å². The van der Waals surface area contributed by atoms with Gasteiger partial charge in [-0.25, -0.2) is 0 Å². The summed E-state index contributed by atoms with van der Waals surface area (Å²) in [4.78, 5) is 8.11. The Morgan fingerprint density at radius 2 is 1.95 bits per heavy atom. The van der Waals surface area contributed by atoms with Crippen LogP contribution in [0.5, 0.6) is 0 Å². The zero-order valence-electron chi connectivity index (χ0n) is 12.6. The highest BCUT2D eigenvalue weighted by molar-refractivity contribution is 5.13. The van der Waals surface area contributed by atoms with Gasteiger partial charge in [0.2, 0.25) is 0 Å². The Balaban J connectivity index is 1.61. The lowest BCUT2D eigenvalue weighted by molar-refractivity contribution is -0.0109. The maximum absolute atomic E-state index is 5.61. The largest absolute Gasteiger partial charge is 0.300 e. The van der Waals surface area contributed by atoms with Crippen molar-refractivity contribution in [1.29, 1.82) is 0 Å². The van der Waals surface area contributed by atoms with Gasteiger partial charge in [-0.1, -0.05) is 42.0 Å². The molecule has 0 unspecified atom stereocenters. The molecule has 0 spiro atoms. The van der Waals surface area contributed by atoms with Crippen molar-refractivity contribution in [2.45, 2.75) is 39.3 Å². The van der Waals surface area contributed by atoms with Crippen LogP contribution in [0.3, 0.4) is 0 Å². The molecule has 1 N–H and O–H groups in total. The van der Waals surface area contributed by atoms with Crippen LogP contribution in [0.15, 0.2) is 42.0 Å². The number of piperidine rings is 1. The fourth-order valence-corrected chi connectivity index (χ4v) is 2.36. The molecule has 1 aliphatic rings. The minimum absolute atomic E-state index is 0.488. The molecule has 1 aromatic carbocycles. The van der Waals surface area contributed by atoms with Gasteiger partial charge in [-0.05, 0) is 32.3 Å². The second-order valence-corrected chi connectivity index (χ2v) is 5.75. The molecule has 0 atom stereocenters. The summed E-state index contributed by atoms with van der Waals surface area (Å²) in [6.07, 6.45) is 4.62. The molecule has 110 valence electrons. The Hall–Kier alpha value is -1.16. The smallest absolute Gasteiger partial charge is 0.0933 e. The van der Waals surface area contributed by atoms with Crippen LogP contribution in [0.1, 0.15) is 32.3 Å². The highest BCUT2D eigenvalue weighted by atomic mass is 16.6. The van der Waals surface area contributed by atoms with E-state index in [2.05, 4.69) is 42.4 Å². The Bertz CT molecular complexity index is 404. The summed E-state index contributed by atoms with van der Waals surface area (Å²) in [7, 11) is 0. The third-order valence-corrected chi connectivity index (χ3v) is 3.68. The van der Waals surface area contributed by atoms with Crippen LogP contribution in [-0.4, -0.2) is 30.6 Å². The van der Waals surface area contributed by atoms with E-state index in [4.69, 9.17) is 4.84 Å². The first-order chi connectivity index (χ1) is 9.74. The van der Waals surface area contributed by atoms with Crippen molar-refractivity contribution in [2.75, 3.05) is 19.6 Å². The molecule has 1 aromatic rings. The Morgan fingerprint density at radius 1 is 1.25 bits per heavy atom.